The van der Waals surface area contributed by atoms with Crippen LogP contribution in [0.4, 0.5) is 10.5 Å². The van der Waals surface area contributed by atoms with E-state index < -0.39 is 0 Å². The van der Waals surface area contributed by atoms with Crippen LogP contribution < -0.4 is 5.32 Å². The molecule has 0 unspecified atom stereocenters. The average molecular weight is 369 g/mol. The number of hydrogen-bond donors (Lipinski definition) is 1. The number of amides is 2. The number of nitrogens with zero attached hydrogens (tertiary/aromatic N) is 1. The molecule has 2 heterocycles. The molecule has 0 radical (unpaired) electrons. The summed E-state index contributed by atoms with van der Waals surface area (Å²) in [6.07, 6.45) is 3.62. The van der Waals surface area contributed by atoms with E-state index >= 15 is 0 Å². The number of rotatable bonds is 5. The van der Waals surface area contributed by atoms with Crippen LogP contribution in [-0.4, -0.2) is 30.2 Å². The molecule has 0 saturated carbocycles. The lowest BCUT2D eigenvalue weighted by Crippen LogP contribution is -2.39. The molecule has 1 atom stereocenters. The summed E-state index contributed by atoms with van der Waals surface area (Å²) in [4.78, 5) is 14.3. The van der Waals surface area contributed by atoms with E-state index in [4.69, 9.17) is 32.4 Å². The van der Waals surface area contributed by atoms with Crippen molar-refractivity contribution in [1.82, 2.24) is 4.90 Å². The van der Waals surface area contributed by atoms with Crippen LogP contribution in [0.3, 0.4) is 0 Å². The van der Waals surface area contributed by atoms with Gasteiger partial charge in [-0.2, -0.15) is 0 Å². The second-order valence-corrected chi connectivity index (χ2v) is 6.47. The number of ether oxygens (including phenoxy) is 1. The minimum atomic E-state index is -0.236. The van der Waals surface area contributed by atoms with Gasteiger partial charge in [0.2, 0.25) is 0 Å². The van der Waals surface area contributed by atoms with E-state index in [1.807, 2.05) is 6.07 Å². The maximum Gasteiger partial charge on any atom is 0.322 e. The molecule has 3 rings (SSSR count). The molecular formula is C17H18Cl2N2O3. The Hall–Kier alpha value is -1.69. The minimum absolute atomic E-state index is 0.0551. The van der Waals surface area contributed by atoms with Crippen LogP contribution in [0, 0.1) is 0 Å². The summed E-state index contributed by atoms with van der Waals surface area (Å²) in [6, 6.07) is 8.39. The molecule has 1 aromatic heterocycles. The maximum absolute atomic E-state index is 12.7. The number of benzene rings is 1. The highest BCUT2D eigenvalue weighted by molar-refractivity contribution is 6.42. The number of halogens is 2. The largest absolute Gasteiger partial charge is 0.467 e. The molecule has 128 valence electrons. The number of nitrogens with one attached hydrogen (secondary N) is 1. The van der Waals surface area contributed by atoms with Gasteiger partial charge in [-0.25, -0.2) is 4.79 Å². The van der Waals surface area contributed by atoms with E-state index in [9.17, 15) is 4.79 Å². The lowest BCUT2D eigenvalue weighted by Gasteiger charge is -2.25. The van der Waals surface area contributed by atoms with E-state index in [0.29, 0.717) is 28.8 Å². The smallest absolute Gasteiger partial charge is 0.322 e. The Morgan fingerprint density at radius 1 is 1.29 bits per heavy atom. The molecule has 1 fully saturated rings. The van der Waals surface area contributed by atoms with E-state index in [-0.39, 0.29) is 12.1 Å². The molecule has 1 aliphatic heterocycles. The van der Waals surface area contributed by atoms with Crippen LogP contribution in [0.5, 0.6) is 0 Å². The second-order valence-electron chi connectivity index (χ2n) is 5.65. The van der Waals surface area contributed by atoms with Gasteiger partial charge in [0.15, 0.2) is 0 Å². The van der Waals surface area contributed by atoms with Crippen molar-refractivity contribution in [2.45, 2.75) is 25.5 Å². The normalized spacial score (nSPS) is 17.0. The molecule has 0 aliphatic carbocycles. The molecule has 1 N–H and O–H groups in total. The van der Waals surface area contributed by atoms with Crippen LogP contribution in [0.1, 0.15) is 18.6 Å². The zero-order valence-electron chi connectivity index (χ0n) is 13.0. The third-order valence-electron chi connectivity index (χ3n) is 3.83. The van der Waals surface area contributed by atoms with Crippen LogP contribution in [0.25, 0.3) is 0 Å². The van der Waals surface area contributed by atoms with Gasteiger partial charge in [-0.3, -0.25) is 0 Å². The molecule has 2 aromatic rings. The summed E-state index contributed by atoms with van der Waals surface area (Å²) in [7, 11) is 0. The molecular weight excluding hydrogens is 351 g/mol. The molecule has 1 aromatic carbocycles. The highest BCUT2D eigenvalue weighted by atomic mass is 35.5. The lowest BCUT2D eigenvalue weighted by atomic mass is 10.2. The van der Waals surface area contributed by atoms with Gasteiger partial charge in [0.25, 0.3) is 0 Å². The fraction of sp³-hybridized carbons (Fsp3) is 0.353. The number of carbonyl (C=O) groups excluding carboxylic acids is 1. The van der Waals surface area contributed by atoms with Gasteiger partial charge in [-0.05, 0) is 43.2 Å². The topological polar surface area (TPSA) is 54.7 Å². The zero-order valence-corrected chi connectivity index (χ0v) is 14.5. The summed E-state index contributed by atoms with van der Waals surface area (Å²) >= 11 is 11.9. The van der Waals surface area contributed by atoms with Gasteiger partial charge < -0.3 is 19.4 Å². The fourth-order valence-corrected chi connectivity index (χ4v) is 2.92. The molecule has 2 amide bonds. The van der Waals surface area contributed by atoms with Gasteiger partial charge in [0.1, 0.15) is 5.76 Å². The molecule has 24 heavy (non-hydrogen) atoms. The van der Waals surface area contributed by atoms with Crippen LogP contribution in [0.15, 0.2) is 41.0 Å². The molecule has 1 aliphatic rings. The van der Waals surface area contributed by atoms with Crippen molar-refractivity contribution in [1.29, 1.82) is 0 Å². The van der Waals surface area contributed by atoms with Crippen molar-refractivity contribution in [3.8, 4) is 0 Å². The third-order valence-corrected chi connectivity index (χ3v) is 4.57. The zero-order chi connectivity index (χ0) is 16.9. The average Bonchev–Trinajstić information content (AvgIpc) is 3.24. The highest BCUT2D eigenvalue weighted by Gasteiger charge is 2.23. The first-order chi connectivity index (χ1) is 11.6. The number of hydrogen-bond acceptors (Lipinski definition) is 3. The predicted octanol–water partition coefficient (Wildman–Crippen LogP) is 4.80. The SMILES string of the molecule is O=C(Nc1ccc(Cl)c(Cl)c1)N(Cc1ccco1)C[C@H]1CCCO1. The number of carbonyl (C=O) groups is 1. The van der Waals surface area contributed by atoms with Crippen molar-refractivity contribution in [2.75, 3.05) is 18.5 Å². The Bertz CT molecular complexity index is 685. The Kier molecular flexibility index (Phi) is 5.66. The van der Waals surface area contributed by atoms with Crippen LogP contribution in [0.2, 0.25) is 10.0 Å². The summed E-state index contributed by atoms with van der Waals surface area (Å²) in [5.74, 6) is 0.720. The van der Waals surface area contributed by atoms with E-state index in [2.05, 4.69) is 5.32 Å². The van der Waals surface area contributed by atoms with Gasteiger partial charge in [-0.15, -0.1) is 0 Å². The standard InChI is InChI=1S/C17H18Cl2N2O3/c18-15-6-5-12(9-16(15)19)20-17(22)21(10-13-3-1-7-23-13)11-14-4-2-8-24-14/h1,3,5-7,9,14H,2,4,8,10-11H2,(H,20,22)/t14-/m1/s1. The molecule has 1 saturated heterocycles. The van der Waals surface area contributed by atoms with Gasteiger partial charge in [0, 0.05) is 18.8 Å². The predicted molar refractivity (Wildman–Crippen MR) is 93.6 cm³/mol. The monoisotopic (exact) mass is 368 g/mol. The molecule has 0 spiro atoms. The van der Waals surface area contributed by atoms with E-state index in [1.165, 1.54) is 0 Å². The molecule has 5 nitrogen and oxygen atoms in total. The summed E-state index contributed by atoms with van der Waals surface area (Å²) < 4.78 is 11.0. The van der Waals surface area contributed by atoms with Crippen molar-refractivity contribution < 1.29 is 13.9 Å². The van der Waals surface area contributed by atoms with Crippen molar-refractivity contribution in [2.24, 2.45) is 0 Å². The van der Waals surface area contributed by atoms with Crippen LogP contribution >= 0.6 is 23.2 Å². The Labute approximate surface area is 150 Å². The number of anilines is 1. The summed E-state index contributed by atoms with van der Waals surface area (Å²) in [6.45, 7) is 1.63. The Balaban J connectivity index is 1.70. The first-order valence-corrected chi connectivity index (χ1v) is 8.52. The Morgan fingerprint density at radius 2 is 2.17 bits per heavy atom. The van der Waals surface area contributed by atoms with E-state index in [1.54, 1.807) is 35.4 Å². The molecule has 7 heteroatoms. The lowest BCUT2D eigenvalue weighted by molar-refractivity contribution is 0.0803. The third kappa shape index (κ3) is 4.44. The van der Waals surface area contributed by atoms with Crippen LogP contribution in [-0.2, 0) is 11.3 Å². The van der Waals surface area contributed by atoms with Gasteiger partial charge in [-0.1, -0.05) is 23.2 Å². The maximum atomic E-state index is 12.7. The summed E-state index contributed by atoms with van der Waals surface area (Å²) in [5.41, 5.74) is 0.589. The minimum Gasteiger partial charge on any atom is -0.467 e. The summed E-state index contributed by atoms with van der Waals surface area (Å²) in [5, 5.41) is 3.68. The number of urea groups is 1. The Morgan fingerprint density at radius 3 is 2.83 bits per heavy atom. The quantitative estimate of drug-likeness (QED) is 0.824. The van der Waals surface area contributed by atoms with Crippen molar-refractivity contribution in [3.63, 3.8) is 0 Å². The fourth-order valence-electron chi connectivity index (χ4n) is 2.62. The first kappa shape index (κ1) is 17.1. The first-order valence-electron chi connectivity index (χ1n) is 7.77. The second kappa shape index (κ2) is 7.92. The van der Waals surface area contributed by atoms with Crippen molar-refractivity contribution in [3.05, 3.63) is 52.4 Å². The van der Waals surface area contributed by atoms with Gasteiger partial charge >= 0.3 is 6.03 Å². The van der Waals surface area contributed by atoms with Gasteiger partial charge in [0.05, 0.1) is 29.0 Å². The van der Waals surface area contributed by atoms with E-state index in [0.717, 1.165) is 25.2 Å². The number of furan rings is 1. The highest BCUT2D eigenvalue weighted by Crippen LogP contribution is 2.25. The van der Waals surface area contributed by atoms with Crippen molar-refractivity contribution >= 4 is 34.9 Å². The molecule has 0 bridgehead atoms.